The molecule has 2 saturated carbocycles. The zero-order valence-corrected chi connectivity index (χ0v) is 23.8. The highest BCUT2D eigenvalue weighted by Gasteiger charge is 2.52. The lowest BCUT2D eigenvalue weighted by Crippen LogP contribution is -2.51. The molecule has 0 bridgehead atoms. The van der Waals surface area contributed by atoms with Gasteiger partial charge in [0.05, 0.1) is 40.3 Å². The number of hydrogen-bond acceptors (Lipinski definition) is 5. The smallest absolute Gasteiger partial charge is 0.333 e. The van der Waals surface area contributed by atoms with Crippen LogP contribution in [0.15, 0.2) is 66.8 Å². The van der Waals surface area contributed by atoms with Crippen LogP contribution in [0.4, 0.5) is 17.6 Å². The summed E-state index contributed by atoms with van der Waals surface area (Å²) in [6.07, 6.45) is 6.23. The van der Waals surface area contributed by atoms with E-state index >= 15 is 0 Å². The topological polar surface area (TPSA) is 85.9 Å². The summed E-state index contributed by atoms with van der Waals surface area (Å²) < 4.78 is 57.9. The molecule has 4 aromatic rings. The van der Waals surface area contributed by atoms with Crippen LogP contribution in [-0.4, -0.2) is 53.2 Å². The molecule has 0 saturated heterocycles. The van der Waals surface area contributed by atoms with Gasteiger partial charge in [0.25, 0.3) is 5.91 Å². The van der Waals surface area contributed by atoms with Crippen molar-refractivity contribution in [3.05, 3.63) is 101 Å². The first-order valence-corrected chi connectivity index (χ1v) is 14.5. The molecule has 3 aromatic heterocycles. The number of nitrogens with zero attached hydrogens (tertiary/aromatic N) is 6. The van der Waals surface area contributed by atoms with E-state index in [9.17, 15) is 27.2 Å². The Kier molecular flexibility index (Phi) is 6.56. The maximum Gasteiger partial charge on any atom is 0.416 e. The molecule has 44 heavy (non-hydrogen) atoms. The standard InChI is InChI=1S/C32H28F4N6O2/c1-40-18-20(17-38-40)30(44)41(24-8-9-24)26-5-2-21-13-28-19(16-39-42(28)25-6-3-23(33)4-7-25)14-31(21,15-26)29(43)27-12-22(10-11-37-27)32(34,35)36/h3-4,6-7,10-13,16-18,24,26H,2,5,8-9,14-15H2,1H3/t26-,31-/m0/s1. The Morgan fingerprint density at radius 1 is 1.02 bits per heavy atom. The van der Waals surface area contributed by atoms with Gasteiger partial charge in [0, 0.05) is 31.5 Å². The SMILES string of the molecule is Cn1cc(C(=O)N(C2CC2)[C@H]2CCC3=Cc4c(cnn4-c4ccc(F)cc4)C[C@]3(C(=O)c3cc(C(F)(F)F)ccn3)C2)cn1. The maximum absolute atomic E-state index is 14.5. The molecule has 3 aliphatic rings. The Bertz CT molecular complexity index is 1800. The van der Waals surface area contributed by atoms with Crippen molar-refractivity contribution in [1.29, 1.82) is 0 Å². The van der Waals surface area contributed by atoms with Crippen molar-refractivity contribution < 1.29 is 27.2 Å². The van der Waals surface area contributed by atoms with E-state index in [4.69, 9.17) is 0 Å². The predicted molar refractivity (Wildman–Crippen MR) is 151 cm³/mol. The number of pyridine rings is 1. The summed E-state index contributed by atoms with van der Waals surface area (Å²) in [5.41, 5.74) is 0.872. The molecule has 12 heteroatoms. The van der Waals surface area contributed by atoms with Gasteiger partial charge in [0.1, 0.15) is 11.5 Å². The number of Topliss-reactive ketones (excluding diaryl/α,β-unsaturated/α-hetero) is 1. The zero-order chi connectivity index (χ0) is 30.8. The number of ketones is 1. The van der Waals surface area contributed by atoms with Crippen LogP contribution >= 0.6 is 0 Å². The average Bonchev–Trinajstić information content (AvgIpc) is 3.61. The predicted octanol–water partition coefficient (Wildman–Crippen LogP) is 5.82. The Labute approximate surface area is 250 Å². The second-order valence-electron chi connectivity index (χ2n) is 11.9. The molecule has 0 N–H and O–H groups in total. The van der Waals surface area contributed by atoms with Crippen molar-refractivity contribution in [1.82, 2.24) is 29.4 Å². The molecular weight excluding hydrogens is 576 g/mol. The number of rotatable bonds is 6. The largest absolute Gasteiger partial charge is 0.416 e. The zero-order valence-electron chi connectivity index (χ0n) is 23.8. The van der Waals surface area contributed by atoms with Gasteiger partial charge in [-0.25, -0.2) is 9.07 Å². The fourth-order valence-corrected chi connectivity index (χ4v) is 6.75. The van der Waals surface area contributed by atoms with Crippen LogP contribution in [0.2, 0.25) is 0 Å². The first-order valence-electron chi connectivity index (χ1n) is 14.5. The highest BCUT2D eigenvalue weighted by atomic mass is 19.4. The molecule has 226 valence electrons. The fraction of sp³-hybridized carbons (Fsp3) is 0.344. The summed E-state index contributed by atoms with van der Waals surface area (Å²) >= 11 is 0. The van der Waals surface area contributed by atoms with E-state index in [1.54, 1.807) is 40.9 Å². The van der Waals surface area contributed by atoms with Crippen molar-refractivity contribution >= 4 is 17.8 Å². The lowest BCUT2D eigenvalue weighted by molar-refractivity contribution is -0.137. The van der Waals surface area contributed by atoms with Crippen molar-refractivity contribution in [3.63, 3.8) is 0 Å². The van der Waals surface area contributed by atoms with Crippen LogP contribution in [0.3, 0.4) is 0 Å². The van der Waals surface area contributed by atoms with Gasteiger partial charge < -0.3 is 4.90 Å². The minimum Gasteiger partial charge on any atom is -0.333 e. The lowest BCUT2D eigenvalue weighted by atomic mass is 9.60. The molecule has 1 aromatic carbocycles. The van der Waals surface area contributed by atoms with E-state index in [-0.39, 0.29) is 42.3 Å². The molecule has 1 amide bonds. The van der Waals surface area contributed by atoms with Crippen LogP contribution < -0.4 is 0 Å². The van der Waals surface area contributed by atoms with E-state index in [0.29, 0.717) is 24.1 Å². The van der Waals surface area contributed by atoms with Crippen LogP contribution in [0.25, 0.3) is 11.8 Å². The third-order valence-corrected chi connectivity index (χ3v) is 8.98. The molecule has 8 nitrogen and oxygen atoms in total. The number of aromatic nitrogens is 5. The molecule has 2 atom stereocenters. The first kappa shape index (κ1) is 28.2. The molecule has 3 heterocycles. The number of halogens is 4. The monoisotopic (exact) mass is 604 g/mol. The van der Waals surface area contributed by atoms with E-state index < -0.39 is 22.9 Å². The van der Waals surface area contributed by atoms with Gasteiger partial charge in [0.2, 0.25) is 0 Å². The number of benzene rings is 1. The quantitative estimate of drug-likeness (QED) is 0.204. The summed E-state index contributed by atoms with van der Waals surface area (Å²) in [7, 11) is 1.73. The Morgan fingerprint density at radius 2 is 1.80 bits per heavy atom. The van der Waals surface area contributed by atoms with Gasteiger partial charge in [-0.2, -0.15) is 23.4 Å². The number of alkyl halides is 3. The lowest BCUT2D eigenvalue weighted by Gasteiger charge is -2.47. The van der Waals surface area contributed by atoms with Crippen LogP contribution in [0.5, 0.6) is 0 Å². The summed E-state index contributed by atoms with van der Waals surface area (Å²) in [5.74, 6) is -1.06. The Morgan fingerprint density at radius 3 is 2.48 bits per heavy atom. The number of carbonyl (C=O) groups is 2. The second kappa shape index (κ2) is 10.2. The average molecular weight is 605 g/mol. The number of allylic oxidation sites excluding steroid dienone is 1. The number of fused-ring (bicyclic) bond motifs is 2. The van der Waals surface area contributed by atoms with Crippen LogP contribution in [0, 0.1) is 11.2 Å². The molecule has 0 radical (unpaired) electrons. The molecular formula is C32H28F4N6O2. The van der Waals surface area contributed by atoms with Crippen molar-refractivity contribution in [3.8, 4) is 5.69 Å². The summed E-state index contributed by atoms with van der Waals surface area (Å²) in [4.78, 5) is 34.2. The van der Waals surface area contributed by atoms with Crippen molar-refractivity contribution in [2.45, 2.75) is 56.8 Å². The molecule has 0 aliphatic heterocycles. The van der Waals surface area contributed by atoms with Gasteiger partial charge in [-0.1, -0.05) is 5.57 Å². The van der Waals surface area contributed by atoms with Crippen LogP contribution in [0.1, 0.15) is 69.8 Å². The van der Waals surface area contributed by atoms with Crippen LogP contribution in [-0.2, 0) is 19.6 Å². The Balaban J connectivity index is 1.31. The normalized spacial score (nSPS) is 21.3. The molecule has 0 spiro atoms. The number of carbonyl (C=O) groups excluding carboxylic acids is 2. The number of aryl methyl sites for hydroxylation is 1. The number of hydrogen-bond donors (Lipinski definition) is 0. The van der Waals surface area contributed by atoms with E-state index in [2.05, 4.69) is 15.2 Å². The number of amides is 1. The summed E-state index contributed by atoms with van der Waals surface area (Å²) in [6, 6.07) is 7.25. The molecule has 3 aliphatic carbocycles. The highest BCUT2D eigenvalue weighted by Crippen LogP contribution is 2.52. The van der Waals surface area contributed by atoms with Gasteiger partial charge in [-0.05, 0) is 86.6 Å². The van der Waals surface area contributed by atoms with E-state index in [1.807, 2.05) is 11.0 Å². The second-order valence-corrected chi connectivity index (χ2v) is 11.9. The van der Waals surface area contributed by atoms with Crippen molar-refractivity contribution in [2.24, 2.45) is 12.5 Å². The Hall–Kier alpha value is -4.61. The van der Waals surface area contributed by atoms with Gasteiger partial charge >= 0.3 is 6.18 Å². The fourth-order valence-electron chi connectivity index (χ4n) is 6.75. The summed E-state index contributed by atoms with van der Waals surface area (Å²) in [6.45, 7) is 0. The summed E-state index contributed by atoms with van der Waals surface area (Å²) in [5, 5.41) is 8.68. The molecule has 2 fully saturated rings. The maximum atomic E-state index is 14.5. The minimum atomic E-state index is -4.64. The van der Waals surface area contributed by atoms with Gasteiger partial charge in [-0.3, -0.25) is 19.3 Å². The van der Waals surface area contributed by atoms with E-state index in [1.165, 1.54) is 18.3 Å². The molecule has 0 unspecified atom stereocenters. The van der Waals surface area contributed by atoms with Gasteiger partial charge in [-0.15, -0.1) is 0 Å². The first-order chi connectivity index (χ1) is 21.0. The molecule has 7 rings (SSSR count). The minimum absolute atomic E-state index is 0.0254. The highest BCUT2D eigenvalue weighted by molar-refractivity contribution is 6.03. The third kappa shape index (κ3) is 4.82. The van der Waals surface area contributed by atoms with E-state index in [0.717, 1.165) is 48.0 Å². The third-order valence-electron chi connectivity index (χ3n) is 8.98. The van der Waals surface area contributed by atoms with Gasteiger partial charge in [0.15, 0.2) is 5.78 Å². The van der Waals surface area contributed by atoms with Crippen molar-refractivity contribution in [2.75, 3.05) is 0 Å².